The van der Waals surface area contributed by atoms with Crippen LogP contribution in [0.25, 0.3) is 0 Å². The van der Waals surface area contributed by atoms with Crippen LogP contribution >= 0.6 is 11.6 Å². The van der Waals surface area contributed by atoms with E-state index < -0.39 is 6.04 Å². The van der Waals surface area contributed by atoms with Crippen LogP contribution in [0.15, 0.2) is 41.0 Å². The molecule has 21 heavy (non-hydrogen) atoms. The summed E-state index contributed by atoms with van der Waals surface area (Å²) in [4.78, 5) is 12.0. The summed E-state index contributed by atoms with van der Waals surface area (Å²) in [6, 6.07) is 10.0. The minimum absolute atomic E-state index is 0.160. The van der Waals surface area contributed by atoms with Crippen LogP contribution in [-0.4, -0.2) is 11.9 Å². The minimum atomic E-state index is -0.441. The average molecular weight is 304 g/mol. The third-order valence-electron chi connectivity index (χ3n) is 2.88. The fraction of sp³-hybridized carbons (Fsp3) is 0.200. The van der Waals surface area contributed by atoms with Gasteiger partial charge in [-0.1, -0.05) is 11.6 Å². The minimum Gasteiger partial charge on any atom is -0.467 e. The second-order valence-corrected chi connectivity index (χ2v) is 4.88. The maximum atomic E-state index is 12.0. The van der Waals surface area contributed by atoms with Crippen molar-refractivity contribution in [3.63, 3.8) is 0 Å². The van der Waals surface area contributed by atoms with Gasteiger partial charge >= 0.3 is 0 Å². The Balaban J connectivity index is 1.91. The number of nitrogens with one attached hydrogen (secondary N) is 2. The van der Waals surface area contributed by atoms with E-state index in [2.05, 4.69) is 10.6 Å². The first kappa shape index (κ1) is 14.9. The van der Waals surface area contributed by atoms with Crippen molar-refractivity contribution < 1.29 is 9.21 Å². The number of carbonyl (C=O) groups is 1. The molecule has 5 nitrogen and oxygen atoms in total. The molecule has 1 heterocycles. The van der Waals surface area contributed by atoms with Gasteiger partial charge in [-0.3, -0.25) is 4.79 Å². The maximum absolute atomic E-state index is 12.0. The molecule has 1 atom stereocenters. The first-order chi connectivity index (χ1) is 10.1. The zero-order chi connectivity index (χ0) is 15.2. The van der Waals surface area contributed by atoms with E-state index in [9.17, 15) is 4.79 Å². The van der Waals surface area contributed by atoms with Crippen LogP contribution in [-0.2, 0) is 11.3 Å². The first-order valence-corrected chi connectivity index (χ1v) is 6.74. The third-order valence-corrected chi connectivity index (χ3v) is 3.20. The van der Waals surface area contributed by atoms with E-state index in [0.29, 0.717) is 28.6 Å². The number of furan rings is 1. The molecule has 0 aliphatic heterocycles. The molecule has 0 spiro atoms. The van der Waals surface area contributed by atoms with Crippen molar-refractivity contribution in [2.45, 2.75) is 19.5 Å². The summed E-state index contributed by atoms with van der Waals surface area (Å²) in [5.41, 5.74) is 1.08. The van der Waals surface area contributed by atoms with Gasteiger partial charge in [-0.25, -0.2) is 0 Å². The Morgan fingerprint density at radius 2 is 2.29 bits per heavy atom. The first-order valence-electron chi connectivity index (χ1n) is 6.36. The Labute approximate surface area is 127 Å². The molecule has 0 fully saturated rings. The van der Waals surface area contributed by atoms with Crippen molar-refractivity contribution in [1.29, 1.82) is 5.26 Å². The van der Waals surface area contributed by atoms with Gasteiger partial charge in [0.25, 0.3) is 0 Å². The van der Waals surface area contributed by atoms with E-state index in [-0.39, 0.29) is 5.91 Å². The number of amides is 1. The predicted molar refractivity (Wildman–Crippen MR) is 79.8 cm³/mol. The van der Waals surface area contributed by atoms with Crippen molar-refractivity contribution in [2.75, 3.05) is 5.32 Å². The van der Waals surface area contributed by atoms with Crippen LogP contribution in [0.3, 0.4) is 0 Å². The summed E-state index contributed by atoms with van der Waals surface area (Å²) in [6.45, 7) is 2.08. The molecule has 0 saturated carbocycles. The molecule has 0 saturated heterocycles. The molecule has 2 rings (SSSR count). The summed E-state index contributed by atoms with van der Waals surface area (Å²) in [6.07, 6.45) is 1.56. The largest absolute Gasteiger partial charge is 0.467 e. The average Bonchev–Trinajstić information content (AvgIpc) is 2.98. The molecule has 1 unspecified atom stereocenters. The Hall–Kier alpha value is -2.45. The van der Waals surface area contributed by atoms with E-state index in [1.807, 2.05) is 6.07 Å². The summed E-state index contributed by atoms with van der Waals surface area (Å²) >= 11 is 5.95. The van der Waals surface area contributed by atoms with Crippen molar-refractivity contribution in [2.24, 2.45) is 0 Å². The predicted octanol–water partition coefficient (Wildman–Crippen LogP) is 2.92. The zero-order valence-corrected chi connectivity index (χ0v) is 12.1. The van der Waals surface area contributed by atoms with Gasteiger partial charge in [-0.15, -0.1) is 0 Å². The van der Waals surface area contributed by atoms with E-state index in [1.165, 1.54) is 0 Å². The third kappa shape index (κ3) is 4.01. The van der Waals surface area contributed by atoms with Gasteiger partial charge in [-0.2, -0.15) is 5.26 Å². The lowest BCUT2D eigenvalue weighted by atomic mass is 10.2. The molecular weight excluding hydrogens is 290 g/mol. The molecule has 1 aromatic carbocycles. The van der Waals surface area contributed by atoms with E-state index in [1.54, 1.807) is 43.5 Å². The number of benzene rings is 1. The highest BCUT2D eigenvalue weighted by Crippen LogP contribution is 2.20. The quantitative estimate of drug-likeness (QED) is 0.890. The molecule has 108 valence electrons. The summed E-state index contributed by atoms with van der Waals surface area (Å²) in [7, 11) is 0. The van der Waals surface area contributed by atoms with Gasteiger partial charge in [0.15, 0.2) is 0 Å². The van der Waals surface area contributed by atoms with Crippen molar-refractivity contribution in [1.82, 2.24) is 5.32 Å². The van der Waals surface area contributed by atoms with Gasteiger partial charge in [0.2, 0.25) is 5.91 Å². The standard InChI is InChI=1S/C15H14ClN3O2/c1-10(15(20)18-9-13-3-2-6-21-13)19-12-5-4-11(8-17)14(16)7-12/h2-7,10,19H,9H2,1H3,(H,18,20). The number of carbonyl (C=O) groups excluding carboxylic acids is 1. The van der Waals surface area contributed by atoms with Crippen LogP contribution in [0.4, 0.5) is 5.69 Å². The number of anilines is 1. The van der Waals surface area contributed by atoms with Crippen molar-refractivity contribution in [3.8, 4) is 6.07 Å². The lowest BCUT2D eigenvalue weighted by Gasteiger charge is -2.15. The Morgan fingerprint density at radius 1 is 1.48 bits per heavy atom. The summed E-state index contributed by atoms with van der Waals surface area (Å²) in [5.74, 6) is 0.531. The highest BCUT2D eigenvalue weighted by Gasteiger charge is 2.13. The second-order valence-electron chi connectivity index (χ2n) is 4.47. The highest BCUT2D eigenvalue weighted by atomic mass is 35.5. The molecule has 0 radical (unpaired) electrons. The monoisotopic (exact) mass is 303 g/mol. The SMILES string of the molecule is CC(Nc1ccc(C#N)c(Cl)c1)C(=O)NCc1ccco1. The van der Waals surface area contributed by atoms with Crippen LogP contribution in [0, 0.1) is 11.3 Å². The van der Waals surface area contributed by atoms with Gasteiger partial charge in [-0.05, 0) is 37.3 Å². The fourth-order valence-electron chi connectivity index (χ4n) is 1.75. The molecule has 2 N–H and O–H groups in total. The number of hydrogen-bond donors (Lipinski definition) is 2. The molecule has 2 aromatic rings. The normalized spacial score (nSPS) is 11.5. The molecule has 0 bridgehead atoms. The number of nitriles is 1. The molecule has 0 aliphatic carbocycles. The van der Waals surface area contributed by atoms with Crippen LogP contribution in [0.2, 0.25) is 5.02 Å². The van der Waals surface area contributed by atoms with Crippen molar-refractivity contribution in [3.05, 3.63) is 52.9 Å². The van der Waals surface area contributed by atoms with Crippen LogP contribution in [0.1, 0.15) is 18.2 Å². The smallest absolute Gasteiger partial charge is 0.242 e. The number of rotatable bonds is 5. The molecule has 6 heteroatoms. The van der Waals surface area contributed by atoms with Crippen LogP contribution < -0.4 is 10.6 Å². The number of nitrogens with zero attached hydrogens (tertiary/aromatic N) is 1. The van der Waals surface area contributed by atoms with E-state index in [0.717, 1.165) is 0 Å². The summed E-state index contributed by atoms with van der Waals surface area (Å²) < 4.78 is 5.14. The van der Waals surface area contributed by atoms with Gasteiger partial charge in [0.05, 0.1) is 23.4 Å². The number of halogens is 1. The Kier molecular flexibility index (Phi) is 4.85. The molecular formula is C15H14ClN3O2. The topological polar surface area (TPSA) is 78.1 Å². The van der Waals surface area contributed by atoms with Crippen LogP contribution in [0.5, 0.6) is 0 Å². The van der Waals surface area contributed by atoms with Crippen molar-refractivity contribution >= 4 is 23.2 Å². The lowest BCUT2D eigenvalue weighted by molar-refractivity contribution is -0.121. The second kappa shape index (κ2) is 6.82. The summed E-state index contributed by atoms with van der Waals surface area (Å²) in [5, 5.41) is 15.0. The fourth-order valence-corrected chi connectivity index (χ4v) is 1.97. The van der Waals surface area contributed by atoms with E-state index >= 15 is 0 Å². The Morgan fingerprint density at radius 3 is 2.90 bits per heavy atom. The lowest BCUT2D eigenvalue weighted by Crippen LogP contribution is -2.37. The van der Waals surface area contributed by atoms with Gasteiger partial charge in [0, 0.05) is 5.69 Å². The van der Waals surface area contributed by atoms with E-state index in [4.69, 9.17) is 21.3 Å². The Bertz CT molecular complexity index is 662. The zero-order valence-electron chi connectivity index (χ0n) is 11.4. The molecule has 0 aliphatic rings. The number of hydrogen-bond acceptors (Lipinski definition) is 4. The van der Waals surface area contributed by atoms with Gasteiger partial charge in [0.1, 0.15) is 17.9 Å². The maximum Gasteiger partial charge on any atom is 0.242 e. The van der Waals surface area contributed by atoms with Gasteiger partial charge < -0.3 is 15.1 Å². The molecule has 1 amide bonds. The highest BCUT2D eigenvalue weighted by molar-refractivity contribution is 6.32. The molecule has 1 aromatic heterocycles.